The van der Waals surface area contributed by atoms with E-state index in [-0.39, 0.29) is 29.6 Å². The molecule has 2 heterocycles. The minimum atomic E-state index is -0.0998. The van der Waals surface area contributed by atoms with Crippen LogP contribution in [0.1, 0.15) is 50.5 Å². The number of carbonyl (C=O) groups is 1. The summed E-state index contributed by atoms with van der Waals surface area (Å²) in [5, 5.41) is 3.42. The van der Waals surface area contributed by atoms with E-state index in [4.69, 9.17) is 0 Å². The minimum Gasteiger partial charge on any atom is -0.318 e. The van der Waals surface area contributed by atoms with Gasteiger partial charge in [0.2, 0.25) is 5.91 Å². The zero-order valence-electron chi connectivity index (χ0n) is 12.7. The van der Waals surface area contributed by atoms with Crippen molar-refractivity contribution in [2.24, 2.45) is 5.41 Å². The fourth-order valence-corrected chi connectivity index (χ4v) is 3.33. The highest BCUT2D eigenvalue weighted by atomic mass is 32.1. The van der Waals surface area contributed by atoms with Gasteiger partial charge in [-0.15, -0.1) is 11.3 Å². The van der Waals surface area contributed by atoms with Crippen molar-refractivity contribution in [2.75, 3.05) is 0 Å². The Labute approximate surface area is 120 Å². The molecule has 1 N–H and O–H groups in total. The van der Waals surface area contributed by atoms with Gasteiger partial charge in [0, 0.05) is 15.8 Å². The first-order valence-electron chi connectivity index (χ1n) is 6.86. The Hall–Kier alpha value is -0.870. The molecule has 3 atom stereocenters. The summed E-state index contributed by atoms with van der Waals surface area (Å²) >= 11 is 1.76. The van der Waals surface area contributed by atoms with Crippen LogP contribution in [0, 0.1) is 12.3 Å². The lowest BCUT2D eigenvalue weighted by atomic mass is 9.86. The van der Waals surface area contributed by atoms with E-state index in [0.29, 0.717) is 0 Å². The molecule has 4 heteroatoms. The Morgan fingerprint density at radius 1 is 1.37 bits per heavy atom. The molecular formula is C15H24N2OS. The summed E-state index contributed by atoms with van der Waals surface area (Å²) in [5.74, 6) is 0.207. The van der Waals surface area contributed by atoms with E-state index < -0.39 is 0 Å². The number of amides is 1. The number of carbonyl (C=O) groups excluding carboxylic acids is 1. The molecule has 3 unspecified atom stereocenters. The van der Waals surface area contributed by atoms with Crippen LogP contribution in [0.15, 0.2) is 12.1 Å². The predicted octanol–water partition coefficient (Wildman–Crippen LogP) is 3.31. The predicted molar refractivity (Wildman–Crippen MR) is 80.2 cm³/mol. The Balaban J connectivity index is 2.34. The third-order valence-electron chi connectivity index (χ3n) is 4.01. The molecule has 1 aliphatic rings. The molecule has 0 radical (unpaired) electrons. The number of aryl methyl sites for hydroxylation is 1. The molecule has 3 nitrogen and oxygen atoms in total. The van der Waals surface area contributed by atoms with Crippen LogP contribution < -0.4 is 5.32 Å². The molecule has 0 aromatic carbocycles. The molecule has 0 aliphatic carbocycles. The zero-order chi connectivity index (χ0) is 14.4. The van der Waals surface area contributed by atoms with Crippen LogP contribution in [0.3, 0.4) is 0 Å². The maximum atomic E-state index is 12.5. The van der Waals surface area contributed by atoms with Gasteiger partial charge in [0.1, 0.15) is 6.17 Å². The largest absolute Gasteiger partial charge is 0.318 e. The average Bonchev–Trinajstić information content (AvgIpc) is 2.83. The third kappa shape index (κ3) is 2.70. The van der Waals surface area contributed by atoms with E-state index in [1.807, 2.05) is 11.8 Å². The molecule has 1 aliphatic heterocycles. The van der Waals surface area contributed by atoms with Crippen molar-refractivity contribution in [3.8, 4) is 0 Å². The molecule has 0 spiro atoms. The molecule has 2 rings (SSSR count). The van der Waals surface area contributed by atoms with Crippen molar-refractivity contribution < 1.29 is 4.79 Å². The normalized spacial score (nSPS) is 26.0. The van der Waals surface area contributed by atoms with Crippen LogP contribution in [0.5, 0.6) is 0 Å². The number of hydrogen-bond donors (Lipinski definition) is 1. The Morgan fingerprint density at radius 3 is 2.47 bits per heavy atom. The highest BCUT2D eigenvalue weighted by molar-refractivity contribution is 7.12. The number of rotatable bonds is 2. The van der Waals surface area contributed by atoms with Gasteiger partial charge in [-0.05, 0) is 38.3 Å². The highest BCUT2D eigenvalue weighted by Crippen LogP contribution is 2.36. The standard InChI is InChI=1S/C15H24N2OS/c1-9-7-8-12(19-9)13-16-10(2)14(18)17(13)11(3)15(4,5)6/h7-8,10-11,13,16H,1-6H3. The van der Waals surface area contributed by atoms with E-state index in [2.05, 4.69) is 52.1 Å². The molecule has 0 bridgehead atoms. The molecule has 1 aromatic heterocycles. The first-order chi connectivity index (χ1) is 8.71. The van der Waals surface area contributed by atoms with Gasteiger partial charge in [-0.3, -0.25) is 10.1 Å². The van der Waals surface area contributed by atoms with Crippen LogP contribution in [0.4, 0.5) is 0 Å². The summed E-state index contributed by atoms with van der Waals surface area (Å²) in [6.07, 6.45) is 0.0235. The van der Waals surface area contributed by atoms with E-state index in [0.717, 1.165) is 0 Å². The summed E-state index contributed by atoms with van der Waals surface area (Å²) in [7, 11) is 0. The Morgan fingerprint density at radius 2 is 2.00 bits per heavy atom. The molecule has 1 fully saturated rings. The number of nitrogens with zero attached hydrogens (tertiary/aromatic N) is 1. The van der Waals surface area contributed by atoms with Crippen LogP contribution >= 0.6 is 11.3 Å². The lowest BCUT2D eigenvalue weighted by Gasteiger charge is -2.38. The van der Waals surface area contributed by atoms with Gasteiger partial charge < -0.3 is 4.90 Å². The van der Waals surface area contributed by atoms with E-state index >= 15 is 0 Å². The van der Waals surface area contributed by atoms with Gasteiger partial charge in [-0.25, -0.2) is 0 Å². The maximum absolute atomic E-state index is 12.5. The molecule has 19 heavy (non-hydrogen) atoms. The zero-order valence-corrected chi connectivity index (χ0v) is 13.5. The molecule has 0 saturated carbocycles. The van der Waals surface area contributed by atoms with Gasteiger partial charge >= 0.3 is 0 Å². The second kappa shape index (κ2) is 4.91. The molecule has 1 amide bonds. The van der Waals surface area contributed by atoms with Crippen molar-refractivity contribution in [1.82, 2.24) is 10.2 Å². The fraction of sp³-hybridized carbons (Fsp3) is 0.667. The van der Waals surface area contributed by atoms with Gasteiger partial charge in [0.15, 0.2) is 0 Å². The second-order valence-electron chi connectivity index (χ2n) is 6.53. The first-order valence-corrected chi connectivity index (χ1v) is 7.68. The number of hydrogen-bond acceptors (Lipinski definition) is 3. The maximum Gasteiger partial charge on any atom is 0.241 e. The highest BCUT2D eigenvalue weighted by Gasteiger charge is 2.43. The third-order valence-corrected chi connectivity index (χ3v) is 5.07. The van der Waals surface area contributed by atoms with Crippen molar-refractivity contribution in [3.63, 3.8) is 0 Å². The quantitative estimate of drug-likeness (QED) is 0.901. The molecule has 1 saturated heterocycles. The summed E-state index contributed by atoms with van der Waals surface area (Å²) in [4.78, 5) is 17.0. The average molecular weight is 280 g/mol. The van der Waals surface area contributed by atoms with Crippen LogP contribution in [-0.4, -0.2) is 22.9 Å². The molecule has 106 valence electrons. The SMILES string of the molecule is Cc1ccc(C2NC(C)C(=O)N2C(C)C(C)(C)C)s1. The topological polar surface area (TPSA) is 32.3 Å². The lowest BCUT2D eigenvalue weighted by Crippen LogP contribution is -2.45. The minimum absolute atomic E-state index is 0.0235. The molecular weight excluding hydrogens is 256 g/mol. The van der Waals surface area contributed by atoms with E-state index in [9.17, 15) is 4.79 Å². The summed E-state index contributed by atoms with van der Waals surface area (Å²) in [6, 6.07) is 4.35. The Kier molecular flexibility index (Phi) is 3.76. The van der Waals surface area contributed by atoms with Gasteiger partial charge in [0.05, 0.1) is 6.04 Å². The van der Waals surface area contributed by atoms with Gasteiger partial charge in [-0.2, -0.15) is 0 Å². The monoisotopic (exact) mass is 280 g/mol. The summed E-state index contributed by atoms with van der Waals surface area (Å²) in [5.41, 5.74) is 0.0754. The van der Waals surface area contributed by atoms with Crippen LogP contribution in [0.25, 0.3) is 0 Å². The number of thiophene rings is 1. The van der Waals surface area contributed by atoms with Crippen molar-refractivity contribution in [3.05, 3.63) is 21.9 Å². The summed E-state index contributed by atoms with van der Waals surface area (Å²) in [6.45, 7) is 12.8. The van der Waals surface area contributed by atoms with Crippen LogP contribution in [-0.2, 0) is 4.79 Å². The van der Waals surface area contributed by atoms with Crippen molar-refractivity contribution in [1.29, 1.82) is 0 Å². The number of nitrogens with one attached hydrogen (secondary N) is 1. The van der Waals surface area contributed by atoms with E-state index in [1.165, 1.54) is 9.75 Å². The second-order valence-corrected chi connectivity index (χ2v) is 7.85. The van der Waals surface area contributed by atoms with Crippen LogP contribution in [0.2, 0.25) is 0 Å². The van der Waals surface area contributed by atoms with Gasteiger partial charge in [-0.1, -0.05) is 20.8 Å². The Bertz CT molecular complexity index is 475. The fourth-order valence-electron chi connectivity index (χ4n) is 2.39. The van der Waals surface area contributed by atoms with Gasteiger partial charge in [0.25, 0.3) is 0 Å². The smallest absolute Gasteiger partial charge is 0.241 e. The molecule has 1 aromatic rings. The van der Waals surface area contributed by atoms with Crippen molar-refractivity contribution >= 4 is 17.2 Å². The lowest BCUT2D eigenvalue weighted by molar-refractivity contribution is -0.134. The summed E-state index contributed by atoms with van der Waals surface area (Å²) < 4.78 is 0. The van der Waals surface area contributed by atoms with E-state index in [1.54, 1.807) is 11.3 Å². The van der Waals surface area contributed by atoms with Crippen molar-refractivity contribution in [2.45, 2.75) is 59.8 Å². The first kappa shape index (κ1) is 14.5.